The molecule has 0 radical (unpaired) electrons. The summed E-state index contributed by atoms with van der Waals surface area (Å²) in [6, 6.07) is 19.2. The van der Waals surface area contributed by atoms with Crippen molar-refractivity contribution in [3.8, 4) is 0 Å². The molecule has 1 aliphatic heterocycles. The Bertz CT molecular complexity index is 1110. The van der Waals surface area contributed by atoms with E-state index in [1.165, 1.54) is 5.56 Å². The highest BCUT2D eigenvalue weighted by Gasteiger charge is 2.23. The van der Waals surface area contributed by atoms with E-state index >= 15 is 0 Å². The van der Waals surface area contributed by atoms with Gasteiger partial charge in [-0.25, -0.2) is 13.1 Å². The van der Waals surface area contributed by atoms with Gasteiger partial charge < -0.3 is 0 Å². The molecular weight excluding hydrogens is 394 g/mol. The van der Waals surface area contributed by atoms with E-state index in [0.717, 1.165) is 37.9 Å². The van der Waals surface area contributed by atoms with Crippen molar-refractivity contribution < 1.29 is 8.42 Å². The Labute approximate surface area is 178 Å². The number of fused-ring (bicyclic) bond motifs is 1. The number of para-hydroxylation sites is 1. The van der Waals surface area contributed by atoms with Crippen LogP contribution in [0.15, 0.2) is 77.8 Å². The number of hydrogen-bond acceptors (Lipinski definition) is 4. The van der Waals surface area contributed by atoms with Crippen LogP contribution in [0.1, 0.15) is 18.4 Å². The third kappa shape index (κ3) is 5.14. The minimum Gasteiger partial charge on any atom is -0.299 e. The summed E-state index contributed by atoms with van der Waals surface area (Å²) < 4.78 is 28.7. The first-order valence-corrected chi connectivity index (χ1v) is 11.9. The maximum atomic E-state index is 12.9. The zero-order valence-corrected chi connectivity index (χ0v) is 17.8. The van der Waals surface area contributed by atoms with Crippen LogP contribution in [0.4, 0.5) is 0 Å². The van der Waals surface area contributed by atoms with E-state index in [1.807, 2.05) is 36.4 Å². The number of nitrogens with zero attached hydrogens (tertiary/aromatic N) is 2. The molecule has 1 N–H and O–H groups in total. The first-order chi connectivity index (χ1) is 14.6. The van der Waals surface area contributed by atoms with Gasteiger partial charge in [-0.15, -0.1) is 0 Å². The number of aromatic nitrogens is 1. The molecular formula is C24H27N3O2S. The summed E-state index contributed by atoms with van der Waals surface area (Å²) in [4.78, 5) is 6.92. The van der Waals surface area contributed by atoms with Crippen LogP contribution < -0.4 is 4.72 Å². The van der Waals surface area contributed by atoms with Gasteiger partial charge in [-0.2, -0.15) is 0 Å². The Hall–Kier alpha value is -2.54. The molecule has 2 heterocycles. The summed E-state index contributed by atoms with van der Waals surface area (Å²) >= 11 is 0. The van der Waals surface area contributed by atoms with Crippen LogP contribution in [0.3, 0.4) is 0 Å². The highest BCUT2D eigenvalue weighted by molar-refractivity contribution is 7.89. The van der Waals surface area contributed by atoms with Gasteiger partial charge in [0.1, 0.15) is 4.90 Å². The lowest BCUT2D eigenvalue weighted by Crippen LogP contribution is -2.41. The zero-order chi connectivity index (χ0) is 20.8. The minimum atomic E-state index is -3.60. The predicted octanol–water partition coefficient (Wildman–Crippen LogP) is 3.94. The van der Waals surface area contributed by atoms with E-state index in [1.54, 1.807) is 18.3 Å². The van der Waals surface area contributed by atoms with Gasteiger partial charge in [0.2, 0.25) is 10.0 Å². The molecule has 0 bridgehead atoms. The molecule has 1 fully saturated rings. The van der Waals surface area contributed by atoms with Gasteiger partial charge in [-0.05, 0) is 43.0 Å². The van der Waals surface area contributed by atoms with Gasteiger partial charge >= 0.3 is 0 Å². The van der Waals surface area contributed by atoms with Crippen LogP contribution in [0, 0.1) is 5.92 Å². The molecule has 0 saturated carbocycles. The van der Waals surface area contributed by atoms with Crippen molar-refractivity contribution >= 4 is 27.0 Å². The summed E-state index contributed by atoms with van der Waals surface area (Å²) in [5.74, 6) is 0.307. The molecule has 0 spiro atoms. The molecule has 0 amide bonds. The normalized spacial score (nSPS) is 18.2. The predicted molar refractivity (Wildman–Crippen MR) is 122 cm³/mol. The molecule has 156 valence electrons. The van der Waals surface area contributed by atoms with Crippen molar-refractivity contribution in [1.29, 1.82) is 0 Å². The molecule has 1 saturated heterocycles. The highest BCUT2D eigenvalue weighted by Crippen LogP contribution is 2.21. The molecule has 4 rings (SSSR count). The molecule has 1 aliphatic rings. The fraction of sp³-hybridized carbons (Fsp3) is 0.292. The average Bonchev–Trinajstić information content (AvgIpc) is 2.78. The fourth-order valence-electron chi connectivity index (χ4n) is 3.98. The van der Waals surface area contributed by atoms with Gasteiger partial charge in [-0.1, -0.05) is 60.7 Å². The highest BCUT2D eigenvalue weighted by atomic mass is 32.2. The smallest absolute Gasteiger partial charge is 0.242 e. The number of benzene rings is 2. The molecule has 2 aromatic carbocycles. The topological polar surface area (TPSA) is 62.3 Å². The number of piperidine rings is 1. The molecule has 30 heavy (non-hydrogen) atoms. The molecule has 5 nitrogen and oxygen atoms in total. The molecule has 1 atom stereocenters. The Kier molecular flexibility index (Phi) is 6.57. The van der Waals surface area contributed by atoms with Gasteiger partial charge in [-0.3, -0.25) is 9.88 Å². The van der Waals surface area contributed by atoms with Crippen LogP contribution in [0.2, 0.25) is 0 Å². The lowest BCUT2D eigenvalue weighted by molar-refractivity contribution is 0.192. The third-order valence-electron chi connectivity index (χ3n) is 5.52. The molecule has 1 aromatic heterocycles. The van der Waals surface area contributed by atoms with E-state index in [9.17, 15) is 8.42 Å². The van der Waals surface area contributed by atoms with Gasteiger partial charge in [0.15, 0.2) is 0 Å². The van der Waals surface area contributed by atoms with Gasteiger partial charge in [0.05, 0.1) is 5.52 Å². The second-order valence-corrected chi connectivity index (χ2v) is 9.50. The van der Waals surface area contributed by atoms with Crippen LogP contribution >= 0.6 is 0 Å². The number of likely N-dealkylation sites (tertiary alicyclic amines) is 1. The van der Waals surface area contributed by atoms with Crippen molar-refractivity contribution in [3.63, 3.8) is 0 Å². The summed E-state index contributed by atoms with van der Waals surface area (Å²) in [5.41, 5.74) is 1.71. The number of hydrogen-bond donors (Lipinski definition) is 1. The van der Waals surface area contributed by atoms with Gasteiger partial charge in [0.25, 0.3) is 0 Å². The summed E-state index contributed by atoms with van der Waals surface area (Å²) in [7, 11) is -3.60. The first-order valence-electron chi connectivity index (χ1n) is 10.4. The van der Waals surface area contributed by atoms with E-state index in [4.69, 9.17) is 0 Å². The Morgan fingerprint density at radius 1 is 1.07 bits per heavy atom. The monoisotopic (exact) mass is 421 g/mol. The summed E-state index contributed by atoms with van der Waals surface area (Å²) in [6.07, 6.45) is 8.07. The second kappa shape index (κ2) is 9.51. The van der Waals surface area contributed by atoms with E-state index in [2.05, 4.69) is 38.9 Å². The number of pyridine rings is 1. The molecule has 0 aliphatic carbocycles. The fourth-order valence-corrected chi connectivity index (χ4v) is 5.28. The lowest BCUT2D eigenvalue weighted by Gasteiger charge is -2.32. The largest absolute Gasteiger partial charge is 0.299 e. The van der Waals surface area contributed by atoms with E-state index < -0.39 is 10.0 Å². The lowest BCUT2D eigenvalue weighted by atomic mass is 9.98. The van der Waals surface area contributed by atoms with Crippen LogP contribution in [0.25, 0.3) is 17.0 Å². The third-order valence-corrected chi connectivity index (χ3v) is 6.98. The van der Waals surface area contributed by atoms with E-state index in [-0.39, 0.29) is 4.90 Å². The Balaban J connectivity index is 1.35. The minimum absolute atomic E-state index is 0.249. The van der Waals surface area contributed by atoms with Crippen molar-refractivity contribution in [1.82, 2.24) is 14.6 Å². The van der Waals surface area contributed by atoms with E-state index in [0.29, 0.717) is 18.0 Å². The average molecular weight is 422 g/mol. The van der Waals surface area contributed by atoms with Crippen molar-refractivity contribution in [2.45, 2.75) is 17.7 Å². The summed E-state index contributed by atoms with van der Waals surface area (Å²) in [5, 5.41) is 0.828. The molecule has 0 unspecified atom stereocenters. The number of nitrogens with one attached hydrogen (secondary N) is 1. The molecule has 6 heteroatoms. The van der Waals surface area contributed by atoms with Gasteiger partial charge in [0, 0.05) is 31.2 Å². The van der Waals surface area contributed by atoms with Crippen LogP contribution in [0.5, 0.6) is 0 Å². The second-order valence-electron chi connectivity index (χ2n) is 7.76. The maximum Gasteiger partial charge on any atom is 0.242 e. The number of sulfonamides is 1. The Morgan fingerprint density at radius 2 is 1.90 bits per heavy atom. The van der Waals surface area contributed by atoms with Crippen molar-refractivity contribution in [3.05, 3.63) is 78.5 Å². The quantitative estimate of drug-likeness (QED) is 0.628. The maximum absolute atomic E-state index is 12.9. The van der Waals surface area contributed by atoms with Crippen molar-refractivity contribution in [2.24, 2.45) is 5.92 Å². The van der Waals surface area contributed by atoms with Crippen molar-refractivity contribution in [2.75, 3.05) is 26.2 Å². The summed E-state index contributed by atoms with van der Waals surface area (Å²) in [6.45, 7) is 3.28. The zero-order valence-electron chi connectivity index (χ0n) is 16.9. The Morgan fingerprint density at radius 3 is 2.77 bits per heavy atom. The first kappa shape index (κ1) is 20.7. The molecule has 3 aromatic rings. The number of rotatable bonds is 7. The van der Waals surface area contributed by atoms with Crippen LogP contribution in [-0.4, -0.2) is 44.5 Å². The standard InChI is InChI=1S/C24H27N3O2S/c28-30(29,23-14-4-12-22-13-5-15-25-24(22)23)26-18-21-11-7-17-27(19-21)16-6-10-20-8-2-1-3-9-20/h1-6,8-10,12-15,21,26H,7,11,16-19H2/b10-6+/t21-/m1/s1. The SMILES string of the molecule is O=S(=O)(NC[C@H]1CCCN(C/C=C/c2ccccc2)C1)c1cccc2cccnc12. The van der Waals surface area contributed by atoms with Crippen LogP contribution in [-0.2, 0) is 10.0 Å².